The van der Waals surface area contributed by atoms with Crippen molar-refractivity contribution in [2.75, 3.05) is 18.5 Å². The van der Waals surface area contributed by atoms with Gasteiger partial charge in [-0.15, -0.1) is 0 Å². The highest BCUT2D eigenvalue weighted by atomic mass is 16.5. The first-order valence-corrected chi connectivity index (χ1v) is 5.78. The number of nitrogens with one attached hydrogen (secondary N) is 2. The second-order valence-electron chi connectivity index (χ2n) is 3.93. The average Bonchev–Trinajstić information content (AvgIpc) is 2.62. The van der Waals surface area contributed by atoms with Crippen molar-refractivity contribution in [2.24, 2.45) is 0 Å². The standard InChI is InChI=1S/C12H11N5O2/c18-12-9-5-11(17-8-1-2-15-16-6-8)14-7-10(9)19-4-3-13-12/h1-2,5-7H,3-4H2,(H,13,18)(H,14,15,17). The van der Waals surface area contributed by atoms with Crippen LogP contribution in [0.25, 0.3) is 0 Å². The van der Waals surface area contributed by atoms with E-state index in [1.54, 1.807) is 24.5 Å². The van der Waals surface area contributed by atoms with Gasteiger partial charge in [-0.1, -0.05) is 0 Å². The van der Waals surface area contributed by atoms with E-state index in [1.807, 2.05) is 0 Å². The van der Waals surface area contributed by atoms with Crippen molar-refractivity contribution in [3.05, 3.63) is 36.3 Å². The molecule has 2 aromatic rings. The molecule has 0 radical (unpaired) electrons. The number of aromatic nitrogens is 3. The maximum atomic E-state index is 11.8. The van der Waals surface area contributed by atoms with Gasteiger partial charge in [0.05, 0.1) is 36.4 Å². The molecule has 0 bridgehead atoms. The van der Waals surface area contributed by atoms with E-state index in [9.17, 15) is 4.79 Å². The van der Waals surface area contributed by atoms with Crippen molar-refractivity contribution in [3.63, 3.8) is 0 Å². The predicted molar refractivity (Wildman–Crippen MR) is 67.4 cm³/mol. The Balaban J connectivity index is 1.90. The molecule has 0 saturated carbocycles. The fraction of sp³-hybridized carbons (Fsp3) is 0.167. The summed E-state index contributed by atoms with van der Waals surface area (Å²) in [5, 5.41) is 13.2. The Labute approximate surface area is 109 Å². The quantitative estimate of drug-likeness (QED) is 0.824. The van der Waals surface area contributed by atoms with E-state index in [0.717, 1.165) is 5.69 Å². The van der Waals surface area contributed by atoms with Crippen LogP contribution >= 0.6 is 0 Å². The summed E-state index contributed by atoms with van der Waals surface area (Å²) in [6.45, 7) is 0.937. The van der Waals surface area contributed by atoms with Gasteiger partial charge in [-0.25, -0.2) is 4.98 Å². The molecule has 96 valence electrons. The first kappa shape index (κ1) is 11.4. The van der Waals surface area contributed by atoms with E-state index < -0.39 is 0 Å². The summed E-state index contributed by atoms with van der Waals surface area (Å²) < 4.78 is 5.43. The Hall–Kier alpha value is -2.70. The number of pyridine rings is 1. The molecule has 0 spiro atoms. The minimum Gasteiger partial charge on any atom is -0.489 e. The fourth-order valence-corrected chi connectivity index (χ4v) is 1.74. The van der Waals surface area contributed by atoms with E-state index in [4.69, 9.17) is 4.74 Å². The van der Waals surface area contributed by atoms with Gasteiger partial charge >= 0.3 is 0 Å². The van der Waals surface area contributed by atoms with Crippen molar-refractivity contribution >= 4 is 17.4 Å². The van der Waals surface area contributed by atoms with E-state index in [-0.39, 0.29) is 5.91 Å². The van der Waals surface area contributed by atoms with Crippen molar-refractivity contribution in [2.45, 2.75) is 0 Å². The lowest BCUT2D eigenvalue weighted by molar-refractivity contribution is 0.0957. The number of carbonyl (C=O) groups is 1. The normalized spacial score (nSPS) is 13.8. The number of amides is 1. The molecule has 1 amide bonds. The van der Waals surface area contributed by atoms with E-state index in [0.29, 0.717) is 30.3 Å². The summed E-state index contributed by atoms with van der Waals surface area (Å²) in [6, 6.07) is 3.41. The van der Waals surface area contributed by atoms with Crippen LogP contribution in [-0.2, 0) is 0 Å². The number of hydrogen-bond donors (Lipinski definition) is 2. The number of nitrogens with zero attached hydrogens (tertiary/aromatic N) is 3. The third kappa shape index (κ3) is 2.44. The SMILES string of the molecule is O=C1NCCOc2cnc(Nc3ccnnc3)cc21. The van der Waals surface area contributed by atoms with Crippen LogP contribution in [0.4, 0.5) is 11.5 Å². The average molecular weight is 257 g/mol. The smallest absolute Gasteiger partial charge is 0.255 e. The molecule has 3 rings (SSSR count). The highest BCUT2D eigenvalue weighted by Crippen LogP contribution is 2.23. The number of ether oxygens (including phenoxy) is 1. The molecule has 3 heterocycles. The first-order valence-electron chi connectivity index (χ1n) is 5.78. The van der Waals surface area contributed by atoms with E-state index in [1.165, 1.54) is 6.20 Å². The third-order valence-electron chi connectivity index (χ3n) is 2.61. The van der Waals surface area contributed by atoms with Gasteiger partial charge in [0.2, 0.25) is 0 Å². The maximum absolute atomic E-state index is 11.8. The van der Waals surface area contributed by atoms with Gasteiger partial charge in [0.15, 0.2) is 5.75 Å². The van der Waals surface area contributed by atoms with Crippen molar-refractivity contribution in [1.82, 2.24) is 20.5 Å². The molecule has 1 aliphatic rings. The fourth-order valence-electron chi connectivity index (χ4n) is 1.74. The molecule has 2 aromatic heterocycles. The number of anilines is 2. The summed E-state index contributed by atoms with van der Waals surface area (Å²) in [5.74, 6) is 0.881. The van der Waals surface area contributed by atoms with Crippen LogP contribution in [0.3, 0.4) is 0 Å². The second-order valence-corrected chi connectivity index (χ2v) is 3.93. The summed E-state index contributed by atoms with van der Waals surface area (Å²) in [4.78, 5) is 16.0. The van der Waals surface area contributed by atoms with Crippen LogP contribution in [0.15, 0.2) is 30.7 Å². The molecule has 0 unspecified atom stereocenters. The molecule has 19 heavy (non-hydrogen) atoms. The van der Waals surface area contributed by atoms with Crippen LogP contribution in [0.5, 0.6) is 5.75 Å². The summed E-state index contributed by atoms with van der Waals surface area (Å²) in [5.41, 5.74) is 1.22. The minimum absolute atomic E-state index is 0.161. The largest absolute Gasteiger partial charge is 0.489 e. The highest BCUT2D eigenvalue weighted by molar-refractivity contribution is 5.97. The molecule has 7 nitrogen and oxygen atoms in total. The summed E-state index contributed by atoms with van der Waals surface area (Å²) in [6.07, 6.45) is 4.68. The lowest BCUT2D eigenvalue weighted by Crippen LogP contribution is -2.24. The van der Waals surface area contributed by atoms with Gasteiger partial charge in [0.1, 0.15) is 12.4 Å². The molecule has 0 atom stereocenters. The number of rotatable bonds is 2. The Morgan fingerprint density at radius 2 is 2.26 bits per heavy atom. The van der Waals surface area contributed by atoms with Gasteiger partial charge in [-0.05, 0) is 12.1 Å². The van der Waals surface area contributed by atoms with Gasteiger partial charge in [0, 0.05) is 0 Å². The molecule has 1 aliphatic heterocycles. The Morgan fingerprint density at radius 3 is 3.11 bits per heavy atom. The number of fused-ring (bicyclic) bond motifs is 1. The van der Waals surface area contributed by atoms with Gasteiger partial charge in [-0.2, -0.15) is 10.2 Å². The highest BCUT2D eigenvalue weighted by Gasteiger charge is 2.17. The van der Waals surface area contributed by atoms with Crippen LogP contribution < -0.4 is 15.4 Å². The molecule has 0 aromatic carbocycles. The lowest BCUT2D eigenvalue weighted by atomic mass is 10.2. The van der Waals surface area contributed by atoms with Gasteiger partial charge < -0.3 is 15.4 Å². The molecule has 0 aliphatic carbocycles. The maximum Gasteiger partial charge on any atom is 0.255 e. The molecule has 0 fully saturated rings. The second kappa shape index (κ2) is 4.89. The lowest BCUT2D eigenvalue weighted by Gasteiger charge is -2.08. The Kier molecular flexibility index (Phi) is 2.93. The molecular weight excluding hydrogens is 246 g/mol. The zero-order valence-electron chi connectivity index (χ0n) is 9.96. The monoisotopic (exact) mass is 257 g/mol. The third-order valence-corrected chi connectivity index (χ3v) is 2.61. The Bertz CT molecular complexity index is 602. The predicted octanol–water partition coefficient (Wildman–Crippen LogP) is 0.737. The van der Waals surface area contributed by atoms with Crippen molar-refractivity contribution in [1.29, 1.82) is 0 Å². The van der Waals surface area contributed by atoms with Crippen LogP contribution in [0.1, 0.15) is 10.4 Å². The Morgan fingerprint density at radius 1 is 1.32 bits per heavy atom. The topological polar surface area (TPSA) is 89.0 Å². The molecule has 2 N–H and O–H groups in total. The molecular formula is C12H11N5O2. The minimum atomic E-state index is -0.161. The van der Waals surface area contributed by atoms with Gasteiger partial charge in [-0.3, -0.25) is 4.79 Å². The molecule has 0 saturated heterocycles. The van der Waals surface area contributed by atoms with Gasteiger partial charge in [0.25, 0.3) is 5.91 Å². The van der Waals surface area contributed by atoms with Crippen LogP contribution in [0, 0.1) is 0 Å². The van der Waals surface area contributed by atoms with Crippen molar-refractivity contribution in [3.8, 4) is 5.75 Å². The van der Waals surface area contributed by atoms with E-state index >= 15 is 0 Å². The zero-order chi connectivity index (χ0) is 13.1. The number of hydrogen-bond acceptors (Lipinski definition) is 6. The summed E-state index contributed by atoms with van der Waals surface area (Å²) >= 11 is 0. The van der Waals surface area contributed by atoms with Crippen LogP contribution in [-0.4, -0.2) is 34.2 Å². The zero-order valence-corrected chi connectivity index (χ0v) is 9.96. The van der Waals surface area contributed by atoms with E-state index in [2.05, 4.69) is 25.8 Å². The summed E-state index contributed by atoms with van der Waals surface area (Å²) in [7, 11) is 0. The molecule has 7 heteroatoms. The van der Waals surface area contributed by atoms with Crippen LogP contribution in [0.2, 0.25) is 0 Å². The van der Waals surface area contributed by atoms with Crippen molar-refractivity contribution < 1.29 is 9.53 Å². The first-order chi connectivity index (χ1) is 9.33. The number of carbonyl (C=O) groups excluding carboxylic acids is 1.